The maximum absolute atomic E-state index is 12.7. The topological polar surface area (TPSA) is 104 Å². The van der Waals surface area contributed by atoms with E-state index in [4.69, 9.17) is 0 Å². The lowest BCUT2D eigenvalue weighted by molar-refractivity contribution is 0.102. The van der Waals surface area contributed by atoms with Gasteiger partial charge in [0, 0.05) is 30.2 Å². The van der Waals surface area contributed by atoms with Gasteiger partial charge in [-0.2, -0.15) is 20.5 Å². The Balaban J connectivity index is 1.56. The zero-order valence-electron chi connectivity index (χ0n) is 15.2. The number of nitrogens with zero attached hydrogens (tertiary/aromatic N) is 6. The minimum absolute atomic E-state index is 0.267. The van der Waals surface area contributed by atoms with Crippen molar-refractivity contribution in [3.05, 3.63) is 47.9 Å². The van der Waals surface area contributed by atoms with E-state index in [0.717, 1.165) is 30.7 Å². The van der Waals surface area contributed by atoms with E-state index in [-0.39, 0.29) is 5.91 Å². The van der Waals surface area contributed by atoms with Crippen LogP contribution in [-0.4, -0.2) is 53.9 Å². The Morgan fingerprint density at radius 1 is 1.19 bits per heavy atom. The third-order valence-corrected chi connectivity index (χ3v) is 4.53. The van der Waals surface area contributed by atoms with Crippen molar-refractivity contribution in [3.63, 3.8) is 0 Å². The summed E-state index contributed by atoms with van der Waals surface area (Å²) < 4.78 is 1.65. The number of fused-ring (bicyclic) bond motifs is 2. The molecule has 0 unspecified atom stereocenters. The smallest absolute Gasteiger partial charge is 0.261 e. The summed E-state index contributed by atoms with van der Waals surface area (Å²) in [4.78, 5) is 19.4. The number of amides is 1. The molecule has 138 valence electrons. The second-order valence-electron chi connectivity index (χ2n) is 6.23. The predicted octanol–water partition coefficient (Wildman–Crippen LogP) is 2.09. The molecule has 3 aromatic heterocycles. The molecule has 2 N–H and O–H groups in total. The van der Waals surface area contributed by atoms with E-state index in [1.165, 1.54) is 6.20 Å². The van der Waals surface area contributed by atoms with Crippen molar-refractivity contribution in [1.29, 1.82) is 0 Å². The number of H-pyrrole nitrogens is 1. The lowest BCUT2D eigenvalue weighted by Gasteiger charge is -2.17. The number of rotatable bonds is 6. The molecule has 9 heteroatoms. The molecular weight excluding hydrogens is 344 g/mol. The van der Waals surface area contributed by atoms with Crippen LogP contribution in [0.2, 0.25) is 0 Å². The zero-order chi connectivity index (χ0) is 18.8. The van der Waals surface area contributed by atoms with E-state index in [9.17, 15) is 4.79 Å². The number of aromatic amines is 1. The van der Waals surface area contributed by atoms with Crippen LogP contribution in [0.25, 0.3) is 16.7 Å². The number of benzene rings is 1. The second-order valence-corrected chi connectivity index (χ2v) is 6.23. The predicted molar refractivity (Wildman–Crippen MR) is 101 cm³/mol. The Hall–Kier alpha value is -3.33. The lowest BCUT2D eigenvalue weighted by atomic mass is 10.2. The van der Waals surface area contributed by atoms with Crippen LogP contribution in [0, 0.1) is 0 Å². The maximum atomic E-state index is 12.7. The van der Waals surface area contributed by atoms with Crippen molar-refractivity contribution in [2.24, 2.45) is 0 Å². The fraction of sp³-hybridized carbons (Fsp3) is 0.278. The van der Waals surface area contributed by atoms with Gasteiger partial charge >= 0.3 is 0 Å². The first-order valence-corrected chi connectivity index (χ1v) is 8.84. The molecule has 1 amide bonds. The molecule has 1 aromatic carbocycles. The van der Waals surface area contributed by atoms with Gasteiger partial charge < -0.3 is 5.32 Å². The molecule has 4 aromatic rings. The monoisotopic (exact) mass is 364 g/mol. The average Bonchev–Trinajstić information content (AvgIpc) is 3.32. The summed E-state index contributed by atoms with van der Waals surface area (Å²) in [6.45, 7) is 6.99. The van der Waals surface area contributed by atoms with E-state index >= 15 is 0 Å². The molecule has 0 spiro atoms. The molecule has 27 heavy (non-hydrogen) atoms. The Morgan fingerprint density at radius 2 is 2.00 bits per heavy atom. The fourth-order valence-electron chi connectivity index (χ4n) is 2.98. The van der Waals surface area contributed by atoms with Gasteiger partial charge in [0.15, 0.2) is 5.65 Å². The average molecular weight is 364 g/mol. The highest BCUT2D eigenvalue weighted by molar-refractivity contribution is 6.08. The van der Waals surface area contributed by atoms with Gasteiger partial charge in [-0.25, -0.2) is 9.50 Å². The van der Waals surface area contributed by atoms with Crippen LogP contribution in [0.5, 0.6) is 0 Å². The molecule has 3 heterocycles. The molecule has 0 saturated carbocycles. The fourth-order valence-corrected chi connectivity index (χ4v) is 2.98. The van der Waals surface area contributed by atoms with E-state index in [0.29, 0.717) is 22.4 Å². The van der Waals surface area contributed by atoms with Gasteiger partial charge in [-0.15, -0.1) is 0 Å². The molecule has 0 aliphatic carbocycles. The standard InChI is InChI=1S/C18H20N8O/c1-3-25(4-2)10-12-8-19-17-14(9-20-26(17)11-12)18(27)21-13-5-6-15-16(7-13)23-24-22-15/h5-9,11H,3-4,10H2,1-2H3,(H,21,27)(H,22,23,24). The van der Waals surface area contributed by atoms with Crippen LogP contribution in [-0.2, 0) is 6.54 Å². The minimum Gasteiger partial charge on any atom is -0.322 e. The van der Waals surface area contributed by atoms with Gasteiger partial charge in [0.05, 0.1) is 6.20 Å². The second kappa shape index (κ2) is 7.12. The number of hydrogen-bond donors (Lipinski definition) is 2. The van der Waals surface area contributed by atoms with Gasteiger partial charge in [-0.1, -0.05) is 13.8 Å². The quantitative estimate of drug-likeness (QED) is 0.543. The summed E-state index contributed by atoms with van der Waals surface area (Å²) in [6, 6.07) is 5.34. The van der Waals surface area contributed by atoms with E-state index in [2.05, 4.69) is 49.6 Å². The number of nitrogens with one attached hydrogen (secondary N) is 2. The van der Waals surface area contributed by atoms with Crippen LogP contribution in [0.3, 0.4) is 0 Å². The molecule has 4 rings (SSSR count). The van der Waals surface area contributed by atoms with Crippen LogP contribution in [0.4, 0.5) is 5.69 Å². The van der Waals surface area contributed by atoms with Gasteiger partial charge in [0.1, 0.15) is 16.6 Å². The summed E-state index contributed by atoms with van der Waals surface area (Å²) in [5.74, 6) is -0.267. The first-order chi connectivity index (χ1) is 13.2. The molecule has 0 aliphatic rings. The molecule has 0 saturated heterocycles. The minimum atomic E-state index is -0.267. The van der Waals surface area contributed by atoms with Gasteiger partial charge in [-0.05, 0) is 31.3 Å². The van der Waals surface area contributed by atoms with Crippen LogP contribution in [0.1, 0.15) is 29.8 Å². The van der Waals surface area contributed by atoms with Crippen LogP contribution < -0.4 is 5.32 Å². The Labute approximate surface area is 155 Å². The summed E-state index contributed by atoms with van der Waals surface area (Å²) >= 11 is 0. The molecular formula is C18H20N8O. The highest BCUT2D eigenvalue weighted by atomic mass is 16.1. The van der Waals surface area contributed by atoms with Gasteiger partial charge in [-0.3, -0.25) is 9.69 Å². The first kappa shape index (κ1) is 17.1. The summed E-state index contributed by atoms with van der Waals surface area (Å²) in [7, 11) is 0. The number of carbonyl (C=O) groups excluding carboxylic acids is 1. The molecule has 0 fully saturated rings. The Morgan fingerprint density at radius 3 is 2.81 bits per heavy atom. The summed E-state index contributed by atoms with van der Waals surface area (Å²) in [6.07, 6.45) is 5.25. The third-order valence-electron chi connectivity index (χ3n) is 4.53. The molecule has 0 radical (unpaired) electrons. The SMILES string of the molecule is CCN(CC)Cc1cnc2c(C(=O)Nc3ccc4n[nH]nc4c3)cnn2c1. The van der Waals surface area contributed by atoms with Gasteiger partial charge in [0.2, 0.25) is 0 Å². The van der Waals surface area contributed by atoms with Crippen molar-refractivity contribution in [3.8, 4) is 0 Å². The number of carbonyl (C=O) groups is 1. The normalized spacial score (nSPS) is 11.5. The molecule has 0 bridgehead atoms. The van der Waals surface area contributed by atoms with Crippen molar-refractivity contribution >= 4 is 28.3 Å². The van der Waals surface area contributed by atoms with Crippen molar-refractivity contribution in [2.75, 3.05) is 18.4 Å². The summed E-state index contributed by atoms with van der Waals surface area (Å²) in [5, 5.41) is 17.7. The van der Waals surface area contributed by atoms with Gasteiger partial charge in [0.25, 0.3) is 5.91 Å². The Kier molecular flexibility index (Phi) is 4.51. The van der Waals surface area contributed by atoms with Crippen molar-refractivity contribution < 1.29 is 4.79 Å². The molecule has 0 atom stereocenters. The maximum Gasteiger partial charge on any atom is 0.261 e. The highest BCUT2D eigenvalue weighted by Crippen LogP contribution is 2.17. The van der Waals surface area contributed by atoms with Crippen molar-refractivity contribution in [2.45, 2.75) is 20.4 Å². The zero-order valence-corrected chi connectivity index (χ0v) is 15.2. The number of hydrogen-bond acceptors (Lipinski definition) is 6. The summed E-state index contributed by atoms with van der Waals surface area (Å²) in [5.41, 5.74) is 4.07. The Bertz CT molecular complexity index is 1100. The lowest BCUT2D eigenvalue weighted by Crippen LogP contribution is -2.22. The van der Waals surface area contributed by atoms with Crippen LogP contribution in [0.15, 0.2) is 36.8 Å². The largest absolute Gasteiger partial charge is 0.322 e. The third kappa shape index (κ3) is 3.36. The van der Waals surface area contributed by atoms with E-state index < -0.39 is 0 Å². The van der Waals surface area contributed by atoms with E-state index in [1.807, 2.05) is 6.20 Å². The van der Waals surface area contributed by atoms with Crippen LogP contribution >= 0.6 is 0 Å². The van der Waals surface area contributed by atoms with Crippen molar-refractivity contribution in [1.82, 2.24) is 34.9 Å². The first-order valence-electron chi connectivity index (χ1n) is 8.84. The highest BCUT2D eigenvalue weighted by Gasteiger charge is 2.15. The van der Waals surface area contributed by atoms with E-state index in [1.54, 1.807) is 28.9 Å². The molecule has 9 nitrogen and oxygen atoms in total. The number of anilines is 1. The number of aromatic nitrogens is 6. The molecule has 0 aliphatic heterocycles.